The largest absolute Gasteiger partial charge is 0.481 e. The number of hydrogen-bond donors (Lipinski definition) is 2. The maximum atomic E-state index is 11.7. The molecule has 2 N–H and O–H groups in total. The number of hydrogen-bond acceptors (Lipinski definition) is 4. The van der Waals surface area contributed by atoms with E-state index in [1.165, 1.54) is 6.92 Å². The van der Waals surface area contributed by atoms with Crippen LogP contribution in [0.2, 0.25) is 0 Å². The third kappa shape index (κ3) is 3.80. The topological polar surface area (TPSA) is 86.7 Å². The zero-order valence-corrected chi connectivity index (χ0v) is 11.0. The van der Waals surface area contributed by atoms with Gasteiger partial charge in [-0.25, -0.2) is 0 Å². The Kier molecular flexibility index (Phi) is 4.84. The van der Waals surface area contributed by atoms with E-state index in [1.54, 1.807) is 4.90 Å². The minimum absolute atomic E-state index is 0.0506. The van der Waals surface area contributed by atoms with Crippen LogP contribution in [-0.4, -0.2) is 53.3 Å². The summed E-state index contributed by atoms with van der Waals surface area (Å²) in [5.74, 6) is -1.44. The van der Waals surface area contributed by atoms with Gasteiger partial charge in [-0.15, -0.1) is 0 Å². The van der Waals surface area contributed by atoms with E-state index < -0.39 is 12.0 Å². The molecule has 6 nitrogen and oxygen atoms in total. The Balaban J connectivity index is 2.34. The van der Waals surface area contributed by atoms with Crippen molar-refractivity contribution < 1.29 is 19.5 Å². The highest BCUT2D eigenvalue weighted by molar-refractivity contribution is 5.88. The molecule has 18 heavy (non-hydrogen) atoms. The minimum Gasteiger partial charge on any atom is -0.481 e. The minimum atomic E-state index is -0.824. The van der Waals surface area contributed by atoms with Crippen molar-refractivity contribution in [3.63, 3.8) is 0 Å². The number of carboxylic acid groups (broad SMARTS) is 1. The van der Waals surface area contributed by atoms with Gasteiger partial charge < -0.3 is 10.4 Å². The predicted octanol–water partition coefficient (Wildman–Crippen LogP) is -0.267. The lowest BCUT2D eigenvalue weighted by Crippen LogP contribution is -2.55. The van der Waals surface area contributed by atoms with Gasteiger partial charge in [-0.3, -0.25) is 19.3 Å². The van der Waals surface area contributed by atoms with E-state index in [4.69, 9.17) is 5.11 Å². The van der Waals surface area contributed by atoms with Gasteiger partial charge in [-0.2, -0.15) is 0 Å². The maximum absolute atomic E-state index is 11.7. The zero-order valence-electron chi connectivity index (χ0n) is 11.0. The molecule has 1 fully saturated rings. The number of aliphatic carboxylic acids is 1. The molecule has 0 aromatic heterocycles. The molecule has 1 amide bonds. The molecule has 1 rings (SSSR count). The van der Waals surface area contributed by atoms with Crippen LogP contribution in [0.15, 0.2) is 0 Å². The van der Waals surface area contributed by atoms with Gasteiger partial charge in [0, 0.05) is 13.1 Å². The number of carboxylic acids is 1. The summed E-state index contributed by atoms with van der Waals surface area (Å²) in [4.78, 5) is 35.4. The van der Waals surface area contributed by atoms with E-state index in [-0.39, 0.29) is 30.1 Å². The van der Waals surface area contributed by atoms with Crippen LogP contribution in [0.5, 0.6) is 0 Å². The summed E-state index contributed by atoms with van der Waals surface area (Å²) in [6.45, 7) is 6.15. The Morgan fingerprint density at radius 3 is 2.28 bits per heavy atom. The monoisotopic (exact) mass is 256 g/mol. The molecule has 1 aliphatic heterocycles. The van der Waals surface area contributed by atoms with Crippen LogP contribution in [0.3, 0.4) is 0 Å². The number of Topliss-reactive ketones (excluding diaryl/α,β-unsaturated/α-hetero) is 1. The van der Waals surface area contributed by atoms with Crippen LogP contribution in [0, 0.1) is 11.8 Å². The fourth-order valence-corrected chi connectivity index (χ4v) is 2.02. The molecule has 1 aliphatic rings. The Morgan fingerprint density at radius 1 is 1.33 bits per heavy atom. The lowest BCUT2D eigenvalue weighted by atomic mass is 9.99. The Labute approximate surface area is 106 Å². The van der Waals surface area contributed by atoms with Crippen LogP contribution in [0.1, 0.15) is 20.8 Å². The van der Waals surface area contributed by atoms with Gasteiger partial charge >= 0.3 is 5.97 Å². The van der Waals surface area contributed by atoms with Crippen LogP contribution in [0.4, 0.5) is 0 Å². The molecular formula is C12H20N2O4. The standard InChI is InChI=1S/C12H20N2O4/c1-7(2)11(8(3)15)13-10(16)6-14-4-9(5-14)12(17)18/h7,9,11H,4-6H2,1-3H3,(H,13,16)(H,17,18). The summed E-state index contributed by atoms with van der Waals surface area (Å²) >= 11 is 0. The molecule has 0 aliphatic carbocycles. The summed E-state index contributed by atoms with van der Waals surface area (Å²) < 4.78 is 0. The molecule has 1 atom stereocenters. The molecule has 6 heteroatoms. The van der Waals surface area contributed by atoms with E-state index >= 15 is 0 Å². The average molecular weight is 256 g/mol. The number of nitrogens with zero attached hydrogens (tertiary/aromatic N) is 1. The Bertz CT molecular complexity index is 348. The summed E-state index contributed by atoms with van der Waals surface area (Å²) in [6.07, 6.45) is 0. The number of nitrogens with one attached hydrogen (secondary N) is 1. The Hall–Kier alpha value is -1.43. The fraction of sp³-hybridized carbons (Fsp3) is 0.750. The molecule has 1 heterocycles. The molecule has 0 aromatic carbocycles. The summed E-state index contributed by atoms with van der Waals surface area (Å²) in [6, 6.07) is -0.464. The smallest absolute Gasteiger partial charge is 0.309 e. The van der Waals surface area contributed by atoms with Crippen molar-refractivity contribution in [2.75, 3.05) is 19.6 Å². The molecule has 102 valence electrons. The van der Waals surface area contributed by atoms with Crippen LogP contribution in [-0.2, 0) is 14.4 Å². The number of amides is 1. The first-order valence-corrected chi connectivity index (χ1v) is 6.06. The van der Waals surface area contributed by atoms with Gasteiger partial charge in [0.1, 0.15) is 0 Å². The molecule has 0 bridgehead atoms. The van der Waals surface area contributed by atoms with Crippen LogP contribution >= 0.6 is 0 Å². The number of ketones is 1. The van der Waals surface area contributed by atoms with Crippen molar-refractivity contribution in [3.8, 4) is 0 Å². The zero-order chi connectivity index (χ0) is 13.9. The summed E-state index contributed by atoms with van der Waals surface area (Å²) in [7, 11) is 0. The van der Waals surface area contributed by atoms with Crippen molar-refractivity contribution in [3.05, 3.63) is 0 Å². The molecule has 0 radical (unpaired) electrons. The first-order chi connectivity index (χ1) is 8.31. The Morgan fingerprint density at radius 2 is 1.89 bits per heavy atom. The first-order valence-electron chi connectivity index (χ1n) is 6.06. The van der Waals surface area contributed by atoms with E-state index in [9.17, 15) is 14.4 Å². The molecular weight excluding hydrogens is 236 g/mol. The van der Waals surface area contributed by atoms with Crippen molar-refractivity contribution >= 4 is 17.7 Å². The molecule has 1 unspecified atom stereocenters. The molecule has 1 saturated heterocycles. The second-order valence-electron chi connectivity index (χ2n) is 5.13. The van der Waals surface area contributed by atoms with Gasteiger partial charge in [0.2, 0.25) is 5.91 Å². The maximum Gasteiger partial charge on any atom is 0.309 e. The number of likely N-dealkylation sites (tertiary alicyclic amines) is 1. The van der Waals surface area contributed by atoms with Gasteiger partial charge in [0.05, 0.1) is 18.5 Å². The highest BCUT2D eigenvalue weighted by atomic mass is 16.4. The van der Waals surface area contributed by atoms with Crippen molar-refractivity contribution in [2.45, 2.75) is 26.8 Å². The SMILES string of the molecule is CC(=O)C(NC(=O)CN1CC(C(=O)O)C1)C(C)C. The van der Waals surface area contributed by atoms with Crippen LogP contribution < -0.4 is 5.32 Å². The van der Waals surface area contributed by atoms with Gasteiger partial charge in [0.15, 0.2) is 5.78 Å². The van der Waals surface area contributed by atoms with E-state index in [2.05, 4.69) is 5.32 Å². The molecule has 0 aromatic rings. The summed E-state index contributed by atoms with van der Waals surface area (Å²) in [5.41, 5.74) is 0. The highest BCUT2D eigenvalue weighted by Gasteiger charge is 2.33. The number of carbonyl (C=O) groups excluding carboxylic acids is 2. The van der Waals surface area contributed by atoms with Crippen LogP contribution in [0.25, 0.3) is 0 Å². The normalized spacial score (nSPS) is 18.2. The lowest BCUT2D eigenvalue weighted by Gasteiger charge is -2.36. The number of carbonyl (C=O) groups is 3. The van der Waals surface area contributed by atoms with E-state index in [0.717, 1.165) is 0 Å². The summed E-state index contributed by atoms with van der Waals surface area (Å²) in [5, 5.41) is 11.4. The first kappa shape index (κ1) is 14.6. The van der Waals surface area contributed by atoms with E-state index in [1.807, 2.05) is 13.8 Å². The predicted molar refractivity (Wildman–Crippen MR) is 65.0 cm³/mol. The average Bonchev–Trinajstić information content (AvgIpc) is 2.17. The fourth-order valence-electron chi connectivity index (χ4n) is 2.02. The van der Waals surface area contributed by atoms with Crippen molar-refractivity contribution in [1.29, 1.82) is 0 Å². The number of rotatable bonds is 6. The highest BCUT2D eigenvalue weighted by Crippen LogP contribution is 2.14. The van der Waals surface area contributed by atoms with E-state index in [0.29, 0.717) is 13.1 Å². The lowest BCUT2D eigenvalue weighted by molar-refractivity contribution is -0.148. The van der Waals surface area contributed by atoms with Gasteiger partial charge in [0.25, 0.3) is 0 Å². The quantitative estimate of drug-likeness (QED) is 0.683. The van der Waals surface area contributed by atoms with Crippen molar-refractivity contribution in [1.82, 2.24) is 10.2 Å². The third-order valence-corrected chi connectivity index (χ3v) is 3.09. The second kappa shape index (κ2) is 5.95. The van der Waals surface area contributed by atoms with Gasteiger partial charge in [-0.05, 0) is 12.8 Å². The molecule has 0 saturated carbocycles. The third-order valence-electron chi connectivity index (χ3n) is 3.09. The second-order valence-corrected chi connectivity index (χ2v) is 5.13. The van der Waals surface area contributed by atoms with Crippen molar-refractivity contribution in [2.24, 2.45) is 11.8 Å². The van der Waals surface area contributed by atoms with Gasteiger partial charge in [-0.1, -0.05) is 13.8 Å². The molecule has 0 spiro atoms.